The Kier molecular flexibility index (Phi) is 7.51. The van der Waals surface area contributed by atoms with Crippen LogP contribution >= 0.6 is 11.8 Å². The topological polar surface area (TPSA) is 67.9 Å². The van der Waals surface area contributed by atoms with Gasteiger partial charge in [-0.25, -0.2) is 0 Å². The normalized spacial score (nSPS) is 21.2. The molecule has 1 N–H and O–H groups in total. The zero-order chi connectivity index (χ0) is 24.2. The van der Waals surface area contributed by atoms with Crippen LogP contribution in [-0.4, -0.2) is 38.6 Å². The largest absolute Gasteiger partial charge is 0.493 e. The first kappa shape index (κ1) is 24.2. The van der Waals surface area contributed by atoms with Crippen LogP contribution in [0.15, 0.2) is 46.2 Å². The number of nitrogens with one attached hydrogen (secondary N) is 1. The third-order valence-electron chi connectivity index (χ3n) is 6.53. The van der Waals surface area contributed by atoms with E-state index in [9.17, 15) is 9.59 Å². The molecule has 1 saturated carbocycles. The number of fused-ring (bicyclic) bond motifs is 1. The van der Waals surface area contributed by atoms with Crippen LogP contribution in [0.5, 0.6) is 11.5 Å². The summed E-state index contributed by atoms with van der Waals surface area (Å²) in [5.41, 5.74) is 2.19. The summed E-state index contributed by atoms with van der Waals surface area (Å²) in [6, 6.07) is 11.4. The fourth-order valence-corrected chi connectivity index (χ4v) is 5.61. The number of ether oxygens (including phenoxy) is 2. The van der Waals surface area contributed by atoms with Gasteiger partial charge in [-0.1, -0.05) is 37.6 Å². The van der Waals surface area contributed by atoms with Gasteiger partial charge in [0, 0.05) is 23.5 Å². The van der Waals surface area contributed by atoms with Crippen LogP contribution in [-0.2, 0) is 4.79 Å². The Hall–Kier alpha value is -2.93. The predicted molar refractivity (Wildman–Crippen MR) is 137 cm³/mol. The summed E-state index contributed by atoms with van der Waals surface area (Å²) >= 11 is 1.41. The Labute approximate surface area is 205 Å². The van der Waals surface area contributed by atoms with Gasteiger partial charge in [0.2, 0.25) is 0 Å². The highest BCUT2D eigenvalue weighted by Crippen LogP contribution is 2.42. The summed E-state index contributed by atoms with van der Waals surface area (Å²) in [7, 11) is 3.35. The molecule has 0 aromatic heterocycles. The molecule has 2 atom stereocenters. The maximum Gasteiger partial charge on any atom is 0.264 e. The number of amides is 2. The van der Waals surface area contributed by atoms with Gasteiger partial charge in [0.1, 0.15) is 0 Å². The molecule has 2 aromatic carbocycles. The van der Waals surface area contributed by atoms with Crippen molar-refractivity contribution in [3.63, 3.8) is 0 Å². The Balaban J connectivity index is 1.55. The molecule has 2 aliphatic rings. The molecule has 0 unspecified atom stereocenters. The third-order valence-corrected chi connectivity index (χ3v) is 7.61. The van der Waals surface area contributed by atoms with Gasteiger partial charge in [-0.2, -0.15) is 0 Å². The zero-order valence-corrected chi connectivity index (χ0v) is 21.0. The minimum absolute atomic E-state index is 0.0739. The molecule has 0 saturated heterocycles. The fourth-order valence-electron chi connectivity index (χ4n) is 4.52. The molecule has 0 radical (unpaired) electrons. The van der Waals surface area contributed by atoms with Crippen LogP contribution in [0, 0.1) is 5.92 Å². The van der Waals surface area contributed by atoms with E-state index in [2.05, 4.69) is 12.2 Å². The summed E-state index contributed by atoms with van der Waals surface area (Å²) in [5.74, 6) is 1.61. The van der Waals surface area contributed by atoms with Crippen molar-refractivity contribution in [1.82, 2.24) is 5.32 Å². The van der Waals surface area contributed by atoms with E-state index >= 15 is 0 Å². The average Bonchev–Trinajstić information content (AvgIpc) is 2.84. The fraction of sp³-hybridized carbons (Fsp3) is 0.407. The van der Waals surface area contributed by atoms with Gasteiger partial charge in [-0.15, -0.1) is 0 Å². The lowest BCUT2D eigenvalue weighted by molar-refractivity contribution is -0.114. The quantitative estimate of drug-likeness (QED) is 0.552. The number of nitrogens with zero attached hydrogens (tertiary/aromatic N) is 1. The number of benzene rings is 2. The van der Waals surface area contributed by atoms with E-state index in [0.29, 0.717) is 34.5 Å². The van der Waals surface area contributed by atoms with Crippen LogP contribution in [0.1, 0.15) is 55.5 Å². The molecular weight excluding hydrogens is 448 g/mol. The maximum atomic E-state index is 13.1. The Bertz CT molecular complexity index is 1110. The van der Waals surface area contributed by atoms with E-state index in [0.717, 1.165) is 35.4 Å². The number of likely N-dealkylation sites (N-methyl/N-ethyl adjacent to an activating group) is 1. The monoisotopic (exact) mass is 480 g/mol. The number of carbonyl (C=O) groups is 2. The second kappa shape index (κ2) is 10.6. The van der Waals surface area contributed by atoms with Gasteiger partial charge in [0.25, 0.3) is 11.8 Å². The first-order chi connectivity index (χ1) is 16.4. The van der Waals surface area contributed by atoms with E-state index in [1.807, 2.05) is 49.4 Å². The van der Waals surface area contributed by atoms with Crippen molar-refractivity contribution in [1.29, 1.82) is 0 Å². The molecule has 7 heteroatoms. The molecule has 2 amide bonds. The maximum absolute atomic E-state index is 13.1. The predicted octanol–water partition coefficient (Wildman–Crippen LogP) is 5.51. The highest BCUT2D eigenvalue weighted by Gasteiger charge is 2.28. The molecule has 1 heterocycles. The standard InChI is InChI=1S/C27H32N2O4S/c1-5-33-22-12-10-18(14-23(22)32-4)15-25-27(31)29(3)21-16-19(11-13-24(21)34-25)26(30)28-20-9-7-6-8-17(20)2/h10-17,20H,5-9H2,1-4H3,(H,28,30)/b25-15+/t17-,20+/m1/s1. The van der Waals surface area contributed by atoms with Gasteiger partial charge in [0.05, 0.1) is 24.3 Å². The molecule has 2 aromatic rings. The number of hydrogen-bond acceptors (Lipinski definition) is 5. The molecule has 4 rings (SSSR count). The summed E-state index contributed by atoms with van der Waals surface area (Å²) in [6.45, 7) is 4.67. The Morgan fingerprint density at radius 2 is 1.97 bits per heavy atom. The van der Waals surface area contributed by atoms with Crippen molar-refractivity contribution in [2.24, 2.45) is 5.92 Å². The number of hydrogen-bond donors (Lipinski definition) is 1. The van der Waals surface area contributed by atoms with Crippen LogP contribution in [0.3, 0.4) is 0 Å². The average molecular weight is 481 g/mol. The van der Waals surface area contributed by atoms with Gasteiger partial charge >= 0.3 is 0 Å². The molecule has 0 spiro atoms. The van der Waals surface area contributed by atoms with Crippen molar-refractivity contribution in [3.8, 4) is 11.5 Å². The number of methoxy groups -OCH3 is 1. The molecule has 1 aliphatic heterocycles. The van der Waals surface area contributed by atoms with Crippen molar-refractivity contribution < 1.29 is 19.1 Å². The van der Waals surface area contributed by atoms with Crippen molar-refractivity contribution in [2.75, 3.05) is 25.7 Å². The molecular formula is C27H32N2O4S. The van der Waals surface area contributed by atoms with E-state index in [-0.39, 0.29) is 17.9 Å². The summed E-state index contributed by atoms with van der Waals surface area (Å²) < 4.78 is 11.0. The SMILES string of the molecule is CCOc1ccc(/C=C2/Sc3ccc(C(=O)N[C@H]4CCCC[C@H]4C)cc3N(C)C2=O)cc1OC. The van der Waals surface area contributed by atoms with E-state index in [1.165, 1.54) is 18.2 Å². The smallest absolute Gasteiger partial charge is 0.264 e. The zero-order valence-electron chi connectivity index (χ0n) is 20.2. The minimum Gasteiger partial charge on any atom is -0.493 e. The van der Waals surface area contributed by atoms with Crippen molar-refractivity contribution in [2.45, 2.75) is 50.5 Å². The van der Waals surface area contributed by atoms with E-state index < -0.39 is 0 Å². The summed E-state index contributed by atoms with van der Waals surface area (Å²) in [6.07, 6.45) is 6.42. The Morgan fingerprint density at radius 3 is 2.71 bits per heavy atom. The van der Waals surface area contributed by atoms with Gasteiger partial charge < -0.3 is 19.7 Å². The lowest BCUT2D eigenvalue weighted by atomic mass is 9.86. The molecule has 1 fully saturated rings. The van der Waals surface area contributed by atoms with E-state index in [4.69, 9.17) is 9.47 Å². The van der Waals surface area contributed by atoms with Crippen molar-refractivity contribution in [3.05, 3.63) is 52.4 Å². The highest BCUT2D eigenvalue weighted by atomic mass is 32.2. The first-order valence-electron chi connectivity index (χ1n) is 11.8. The summed E-state index contributed by atoms with van der Waals surface area (Å²) in [5, 5.41) is 3.20. The van der Waals surface area contributed by atoms with Gasteiger partial charge in [-0.05, 0) is 67.7 Å². The molecule has 34 heavy (non-hydrogen) atoms. The Morgan fingerprint density at radius 1 is 1.18 bits per heavy atom. The van der Waals surface area contributed by atoms with Crippen LogP contribution in [0.25, 0.3) is 6.08 Å². The van der Waals surface area contributed by atoms with Crippen LogP contribution in [0.2, 0.25) is 0 Å². The number of rotatable bonds is 6. The molecule has 6 nitrogen and oxygen atoms in total. The highest BCUT2D eigenvalue weighted by molar-refractivity contribution is 8.04. The number of anilines is 1. The molecule has 0 bridgehead atoms. The number of carbonyl (C=O) groups excluding carboxylic acids is 2. The van der Waals surface area contributed by atoms with Crippen LogP contribution in [0.4, 0.5) is 5.69 Å². The second-order valence-corrected chi connectivity index (χ2v) is 9.93. The van der Waals surface area contributed by atoms with Gasteiger partial charge in [-0.3, -0.25) is 9.59 Å². The van der Waals surface area contributed by atoms with E-state index in [1.54, 1.807) is 19.1 Å². The van der Waals surface area contributed by atoms with Gasteiger partial charge in [0.15, 0.2) is 11.5 Å². The molecule has 1 aliphatic carbocycles. The first-order valence-corrected chi connectivity index (χ1v) is 12.7. The van der Waals surface area contributed by atoms with Crippen molar-refractivity contribution >= 4 is 35.3 Å². The molecule has 180 valence electrons. The van der Waals surface area contributed by atoms with Crippen LogP contribution < -0.4 is 19.7 Å². The number of thioether (sulfide) groups is 1. The second-order valence-electron chi connectivity index (χ2n) is 8.84. The summed E-state index contributed by atoms with van der Waals surface area (Å²) in [4.78, 5) is 29.2. The minimum atomic E-state index is -0.108. The lowest BCUT2D eigenvalue weighted by Crippen LogP contribution is -2.41. The third kappa shape index (κ3) is 5.09. The lowest BCUT2D eigenvalue weighted by Gasteiger charge is -2.30.